The summed E-state index contributed by atoms with van der Waals surface area (Å²) in [4.78, 5) is 25.4. The maximum atomic E-state index is 13.5. The zero-order valence-corrected chi connectivity index (χ0v) is 11.6. The van der Waals surface area contributed by atoms with Gasteiger partial charge in [0.25, 0.3) is 0 Å². The number of likely N-dealkylation sites (tertiary alicyclic amines) is 1. The molecule has 0 saturated carbocycles. The van der Waals surface area contributed by atoms with E-state index in [1.807, 2.05) is 0 Å². The van der Waals surface area contributed by atoms with Crippen LogP contribution in [0, 0.1) is 11.6 Å². The Kier molecular flexibility index (Phi) is 3.39. The first kappa shape index (κ1) is 14.0. The fourth-order valence-electron chi connectivity index (χ4n) is 3.33. The van der Waals surface area contributed by atoms with Crippen molar-refractivity contribution in [3.63, 3.8) is 0 Å². The van der Waals surface area contributed by atoms with Crippen LogP contribution in [0.25, 0.3) is 0 Å². The van der Waals surface area contributed by atoms with Gasteiger partial charge < -0.3 is 9.64 Å². The van der Waals surface area contributed by atoms with Gasteiger partial charge in [-0.3, -0.25) is 4.79 Å². The summed E-state index contributed by atoms with van der Waals surface area (Å²) in [5.41, 5.74) is 1.29. The fourth-order valence-corrected chi connectivity index (χ4v) is 3.33. The van der Waals surface area contributed by atoms with Gasteiger partial charge in [-0.2, -0.15) is 0 Å². The standard InChI is InChI=1S/C15H15F2NO3/c1-21-15(20)13-4-5-14(19)18(13)12-3-2-8-6-10(16)11(17)7-9(8)12/h6-7,12-13H,2-5H2,1H3. The summed E-state index contributed by atoms with van der Waals surface area (Å²) in [7, 11) is 1.28. The molecule has 1 aliphatic carbocycles. The second-order valence-electron chi connectivity index (χ2n) is 5.40. The number of fused-ring (bicyclic) bond motifs is 1. The zero-order chi connectivity index (χ0) is 15.1. The normalized spacial score (nSPS) is 24.3. The molecule has 0 radical (unpaired) electrons. The minimum absolute atomic E-state index is 0.145. The molecule has 21 heavy (non-hydrogen) atoms. The van der Waals surface area contributed by atoms with Gasteiger partial charge in [-0.25, -0.2) is 13.6 Å². The third-order valence-electron chi connectivity index (χ3n) is 4.29. The number of hydrogen-bond donors (Lipinski definition) is 0. The van der Waals surface area contributed by atoms with Crippen molar-refractivity contribution in [2.45, 2.75) is 37.8 Å². The highest BCUT2D eigenvalue weighted by molar-refractivity contribution is 5.88. The number of rotatable bonds is 2. The Morgan fingerprint density at radius 1 is 1.24 bits per heavy atom. The molecule has 6 heteroatoms. The van der Waals surface area contributed by atoms with Crippen molar-refractivity contribution in [1.29, 1.82) is 0 Å². The number of amides is 1. The van der Waals surface area contributed by atoms with Crippen LogP contribution in [-0.2, 0) is 20.7 Å². The Bertz CT molecular complexity index is 617. The van der Waals surface area contributed by atoms with Crippen LogP contribution in [0.1, 0.15) is 36.4 Å². The van der Waals surface area contributed by atoms with Crippen molar-refractivity contribution < 1.29 is 23.1 Å². The predicted molar refractivity (Wildman–Crippen MR) is 69.3 cm³/mol. The van der Waals surface area contributed by atoms with Crippen LogP contribution in [-0.4, -0.2) is 29.9 Å². The summed E-state index contributed by atoms with van der Waals surface area (Å²) >= 11 is 0. The van der Waals surface area contributed by atoms with Gasteiger partial charge in [0.1, 0.15) is 6.04 Å². The fraction of sp³-hybridized carbons (Fsp3) is 0.467. The van der Waals surface area contributed by atoms with Crippen molar-refractivity contribution in [2.24, 2.45) is 0 Å². The van der Waals surface area contributed by atoms with E-state index in [0.717, 1.165) is 6.07 Å². The molecule has 0 bridgehead atoms. The van der Waals surface area contributed by atoms with E-state index in [9.17, 15) is 18.4 Å². The lowest BCUT2D eigenvalue weighted by atomic mass is 10.1. The number of carbonyl (C=O) groups excluding carboxylic acids is 2. The number of esters is 1. The Hall–Kier alpha value is -1.98. The molecule has 2 aliphatic rings. The highest BCUT2D eigenvalue weighted by atomic mass is 19.2. The summed E-state index contributed by atoms with van der Waals surface area (Å²) in [6.07, 6.45) is 1.81. The average molecular weight is 295 g/mol. The van der Waals surface area contributed by atoms with Crippen LogP contribution < -0.4 is 0 Å². The first-order valence-electron chi connectivity index (χ1n) is 6.89. The minimum atomic E-state index is -0.929. The summed E-state index contributed by atoms with van der Waals surface area (Å²) in [5, 5.41) is 0. The average Bonchev–Trinajstić information content (AvgIpc) is 3.02. The molecule has 1 aromatic rings. The Labute approximate surface area is 120 Å². The van der Waals surface area contributed by atoms with Crippen LogP contribution in [0.3, 0.4) is 0 Å². The summed E-state index contributed by atoms with van der Waals surface area (Å²) in [6, 6.07) is 1.31. The van der Waals surface area contributed by atoms with E-state index in [-0.39, 0.29) is 18.4 Å². The highest BCUT2D eigenvalue weighted by Crippen LogP contribution is 2.41. The third kappa shape index (κ3) is 2.18. The molecule has 2 unspecified atom stereocenters. The molecule has 1 amide bonds. The molecular weight excluding hydrogens is 280 g/mol. The number of methoxy groups -OCH3 is 1. The molecule has 0 spiro atoms. The minimum Gasteiger partial charge on any atom is -0.467 e. The van der Waals surface area contributed by atoms with E-state index >= 15 is 0 Å². The molecule has 2 atom stereocenters. The van der Waals surface area contributed by atoms with E-state index in [1.54, 1.807) is 0 Å². The van der Waals surface area contributed by atoms with Crippen LogP contribution in [0.15, 0.2) is 12.1 Å². The quantitative estimate of drug-likeness (QED) is 0.785. The maximum absolute atomic E-state index is 13.5. The molecule has 0 aromatic heterocycles. The molecule has 1 aromatic carbocycles. The van der Waals surface area contributed by atoms with Crippen molar-refractivity contribution in [3.8, 4) is 0 Å². The van der Waals surface area contributed by atoms with Crippen molar-refractivity contribution in [2.75, 3.05) is 7.11 Å². The monoisotopic (exact) mass is 295 g/mol. The third-order valence-corrected chi connectivity index (χ3v) is 4.29. The molecule has 1 heterocycles. The smallest absolute Gasteiger partial charge is 0.328 e. The SMILES string of the molecule is COC(=O)C1CCC(=O)N1C1CCc2cc(F)c(F)cc21. The van der Waals surface area contributed by atoms with Crippen LogP contribution >= 0.6 is 0 Å². The number of ether oxygens (including phenoxy) is 1. The van der Waals surface area contributed by atoms with Crippen LogP contribution in [0.5, 0.6) is 0 Å². The maximum Gasteiger partial charge on any atom is 0.328 e. The summed E-state index contributed by atoms with van der Waals surface area (Å²) < 4.78 is 31.5. The predicted octanol–water partition coefficient (Wildman–Crippen LogP) is 2.12. The van der Waals surface area contributed by atoms with Gasteiger partial charge in [0, 0.05) is 6.42 Å². The lowest BCUT2D eigenvalue weighted by molar-refractivity contribution is -0.150. The molecule has 112 valence electrons. The van der Waals surface area contributed by atoms with E-state index in [2.05, 4.69) is 0 Å². The first-order valence-corrected chi connectivity index (χ1v) is 6.89. The number of halogens is 2. The van der Waals surface area contributed by atoms with Gasteiger partial charge in [0.15, 0.2) is 11.6 Å². The first-order chi connectivity index (χ1) is 10.0. The van der Waals surface area contributed by atoms with Gasteiger partial charge in [-0.1, -0.05) is 0 Å². The second kappa shape index (κ2) is 5.09. The van der Waals surface area contributed by atoms with E-state index < -0.39 is 23.6 Å². The van der Waals surface area contributed by atoms with E-state index in [1.165, 1.54) is 18.1 Å². The lowest BCUT2D eigenvalue weighted by Crippen LogP contribution is -2.41. The summed E-state index contributed by atoms with van der Waals surface area (Å²) in [6.45, 7) is 0. The Morgan fingerprint density at radius 2 is 1.95 bits per heavy atom. The van der Waals surface area contributed by atoms with Crippen LogP contribution in [0.2, 0.25) is 0 Å². The topological polar surface area (TPSA) is 46.6 Å². The molecule has 3 rings (SSSR count). The van der Waals surface area contributed by atoms with Crippen molar-refractivity contribution in [3.05, 3.63) is 34.9 Å². The second-order valence-corrected chi connectivity index (χ2v) is 5.40. The number of benzene rings is 1. The Balaban J connectivity index is 1.97. The van der Waals surface area contributed by atoms with Gasteiger partial charge in [0.05, 0.1) is 13.2 Å². The molecule has 1 aliphatic heterocycles. The Morgan fingerprint density at radius 3 is 2.67 bits per heavy atom. The number of carbonyl (C=O) groups is 2. The molecule has 1 saturated heterocycles. The number of hydrogen-bond acceptors (Lipinski definition) is 3. The molecule has 4 nitrogen and oxygen atoms in total. The van der Waals surface area contributed by atoms with Gasteiger partial charge in [0.2, 0.25) is 5.91 Å². The largest absolute Gasteiger partial charge is 0.467 e. The number of nitrogens with zero attached hydrogens (tertiary/aromatic N) is 1. The molecule has 0 N–H and O–H groups in total. The highest BCUT2D eigenvalue weighted by Gasteiger charge is 2.43. The lowest BCUT2D eigenvalue weighted by Gasteiger charge is -2.29. The van der Waals surface area contributed by atoms with Crippen LogP contribution in [0.4, 0.5) is 8.78 Å². The zero-order valence-electron chi connectivity index (χ0n) is 11.6. The van der Waals surface area contributed by atoms with E-state index in [4.69, 9.17) is 4.74 Å². The van der Waals surface area contributed by atoms with Crippen molar-refractivity contribution >= 4 is 11.9 Å². The van der Waals surface area contributed by atoms with Gasteiger partial charge in [-0.15, -0.1) is 0 Å². The molecular formula is C15H15F2NO3. The van der Waals surface area contributed by atoms with E-state index in [0.29, 0.717) is 30.4 Å². The molecule has 1 fully saturated rings. The van der Waals surface area contributed by atoms with Gasteiger partial charge in [-0.05, 0) is 42.5 Å². The van der Waals surface area contributed by atoms with Gasteiger partial charge >= 0.3 is 5.97 Å². The summed E-state index contributed by atoms with van der Waals surface area (Å²) in [5.74, 6) is -2.42. The number of aryl methyl sites for hydroxylation is 1. The van der Waals surface area contributed by atoms with Crippen molar-refractivity contribution in [1.82, 2.24) is 4.90 Å².